The molecule has 3 heterocycles. The van der Waals surface area contributed by atoms with Crippen LogP contribution in [0.3, 0.4) is 0 Å². The summed E-state index contributed by atoms with van der Waals surface area (Å²) >= 11 is 2.17. The highest BCUT2D eigenvalue weighted by atomic mass is 127. The number of anilines is 3. The van der Waals surface area contributed by atoms with Crippen LogP contribution in [0.4, 0.5) is 17.8 Å². The van der Waals surface area contributed by atoms with Crippen molar-refractivity contribution in [3.05, 3.63) is 57.2 Å². The van der Waals surface area contributed by atoms with E-state index in [2.05, 4.69) is 52.9 Å². The Morgan fingerprint density at radius 3 is 2.23 bits per heavy atom. The van der Waals surface area contributed by atoms with Gasteiger partial charge >= 0.3 is 5.97 Å². The number of ether oxygens (including phenoxy) is 2. The van der Waals surface area contributed by atoms with Crippen LogP contribution in [0.2, 0.25) is 0 Å². The van der Waals surface area contributed by atoms with E-state index in [-0.39, 0.29) is 0 Å². The highest BCUT2D eigenvalue weighted by Crippen LogP contribution is 2.29. The van der Waals surface area contributed by atoms with Crippen molar-refractivity contribution < 1.29 is 14.3 Å². The van der Waals surface area contributed by atoms with Gasteiger partial charge in [0, 0.05) is 29.7 Å². The molecular weight excluding hydrogens is 621 g/mol. The molecular formula is C29H34IN7O3. The molecule has 5 rings (SSSR count). The lowest BCUT2D eigenvalue weighted by molar-refractivity contribution is 0.0728. The van der Waals surface area contributed by atoms with Crippen LogP contribution in [-0.2, 0) is 0 Å². The predicted molar refractivity (Wildman–Crippen MR) is 165 cm³/mol. The smallest absolute Gasteiger partial charge is 0.343 e. The van der Waals surface area contributed by atoms with Crippen molar-refractivity contribution >= 4 is 52.6 Å². The molecule has 1 N–H and O–H groups in total. The Labute approximate surface area is 248 Å². The van der Waals surface area contributed by atoms with Gasteiger partial charge in [-0.25, -0.2) is 10.2 Å². The molecule has 11 heteroatoms. The minimum atomic E-state index is -0.439. The van der Waals surface area contributed by atoms with Gasteiger partial charge in [0.05, 0.1) is 18.4 Å². The number of hydrogen-bond acceptors (Lipinski definition) is 10. The van der Waals surface area contributed by atoms with Gasteiger partial charge in [0.2, 0.25) is 17.8 Å². The summed E-state index contributed by atoms with van der Waals surface area (Å²) in [6.07, 6.45) is 8.71. The minimum Gasteiger partial charge on any atom is -0.490 e. The lowest BCUT2D eigenvalue weighted by Gasteiger charge is -2.30. The number of nitrogens with one attached hydrogen (secondary N) is 1. The molecule has 0 amide bonds. The number of piperidine rings is 2. The van der Waals surface area contributed by atoms with E-state index < -0.39 is 5.97 Å². The van der Waals surface area contributed by atoms with E-state index >= 15 is 0 Å². The summed E-state index contributed by atoms with van der Waals surface area (Å²) in [4.78, 5) is 31.3. The molecule has 2 saturated heterocycles. The molecule has 0 saturated carbocycles. The molecule has 0 radical (unpaired) electrons. The van der Waals surface area contributed by atoms with Gasteiger partial charge in [-0.05, 0) is 110 Å². The molecule has 0 unspecified atom stereocenters. The standard InChI is InChI=1S/C29H34IN7O3/c1-2-39-25-18-21(12-13-24(25)40-26(38)22-10-9-11-23(30)19-22)20-31-35-27-32-28(36-14-5-3-6-15-36)34-29(33-27)37-16-7-4-8-17-37/h9-13,18-20H,2-8,14-17H2,1H3,(H,32,33,34,35)/b31-20-. The van der Waals surface area contributed by atoms with Crippen molar-refractivity contribution in [3.8, 4) is 11.5 Å². The van der Waals surface area contributed by atoms with Crippen LogP contribution in [0.25, 0.3) is 0 Å². The van der Waals surface area contributed by atoms with E-state index in [0.29, 0.717) is 41.5 Å². The first-order chi connectivity index (χ1) is 19.6. The van der Waals surface area contributed by atoms with Crippen LogP contribution in [0.15, 0.2) is 47.6 Å². The summed E-state index contributed by atoms with van der Waals surface area (Å²) in [5, 5.41) is 4.40. The molecule has 2 aliphatic heterocycles. The van der Waals surface area contributed by atoms with Gasteiger partial charge in [0.25, 0.3) is 0 Å². The molecule has 1 aromatic heterocycles. The zero-order valence-corrected chi connectivity index (χ0v) is 24.8. The van der Waals surface area contributed by atoms with Gasteiger partial charge in [-0.2, -0.15) is 20.1 Å². The van der Waals surface area contributed by atoms with Crippen molar-refractivity contribution in [1.82, 2.24) is 15.0 Å². The van der Waals surface area contributed by atoms with Crippen molar-refractivity contribution in [2.75, 3.05) is 48.0 Å². The van der Waals surface area contributed by atoms with Gasteiger partial charge in [-0.3, -0.25) is 0 Å². The number of halogens is 1. The largest absolute Gasteiger partial charge is 0.490 e. The maximum Gasteiger partial charge on any atom is 0.343 e. The third-order valence-corrected chi connectivity index (χ3v) is 7.47. The van der Waals surface area contributed by atoms with Crippen LogP contribution in [-0.4, -0.2) is 59.9 Å². The van der Waals surface area contributed by atoms with Gasteiger partial charge in [-0.15, -0.1) is 0 Å². The second kappa shape index (κ2) is 13.7. The summed E-state index contributed by atoms with van der Waals surface area (Å²) in [7, 11) is 0. The van der Waals surface area contributed by atoms with Crippen molar-refractivity contribution in [3.63, 3.8) is 0 Å². The van der Waals surface area contributed by atoms with Crippen LogP contribution in [0, 0.1) is 3.57 Å². The van der Waals surface area contributed by atoms with E-state index in [1.165, 1.54) is 12.8 Å². The number of hydrazone groups is 1. The third-order valence-electron chi connectivity index (χ3n) is 6.80. The number of aromatic nitrogens is 3. The maximum atomic E-state index is 12.7. The molecule has 3 aromatic rings. The number of carbonyl (C=O) groups is 1. The molecule has 2 aliphatic rings. The summed E-state index contributed by atoms with van der Waals surface area (Å²) in [6, 6.07) is 12.6. The fourth-order valence-corrected chi connectivity index (χ4v) is 5.31. The Morgan fingerprint density at radius 2 is 1.60 bits per heavy atom. The molecule has 210 valence electrons. The summed E-state index contributed by atoms with van der Waals surface area (Å²) in [5.74, 6) is 2.19. The Morgan fingerprint density at radius 1 is 0.925 bits per heavy atom. The fourth-order valence-electron chi connectivity index (χ4n) is 4.77. The Hall–Kier alpha value is -3.48. The molecule has 0 aliphatic carbocycles. The highest BCUT2D eigenvalue weighted by Gasteiger charge is 2.20. The summed E-state index contributed by atoms with van der Waals surface area (Å²) in [5.41, 5.74) is 4.26. The topological polar surface area (TPSA) is 105 Å². The first-order valence-corrected chi connectivity index (χ1v) is 15.0. The van der Waals surface area contributed by atoms with E-state index in [9.17, 15) is 4.79 Å². The maximum absolute atomic E-state index is 12.7. The summed E-state index contributed by atoms with van der Waals surface area (Å²) in [6.45, 7) is 6.11. The van der Waals surface area contributed by atoms with Crippen LogP contribution < -0.4 is 24.7 Å². The average molecular weight is 656 g/mol. The van der Waals surface area contributed by atoms with Crippen molar-refractivity contribution in [1.29, 1.82) is 0 Å². The van der Waals surface area contributed by atoms with Gasteiger partial charge in [-0.1, -0.05) is 6.07 Å². The third kappa shape index (κ3) is 7.38. The molecule has 0 atom stereocenters. The lowest BCUT2D eigenvalue weighted by atomic mass is 10.1. The second-order valence-electron chi connectivity index (χ2n) is 9.76. The van der Waals surface area contributed by atoms with Crippen LogP contribution in [0.5, 0.6) is 11.5 Å². The average Bonchev–Trinajstić information content (AvgIpc) is 2.99. The quantitative estimate of drug-likeness (QED) is 0.105. The minimum absolute atomic E-state index is 0.352. The fraction of sp³-hybridized carbons (Fsp3) is 0.414. The van der Waals surface area contributed by atoms with Gasteiger partial charge in [0.1, 0.15) is 0 Å². The van der Waals surface area contributed by atoms with Crippen molar-refractivity contribution in [2.45, 2.75) is 45.4 Å². The van der Waals surface area contributed by atoms with E-state index in [4.69, 9.17) is 14.5 Å². The van der Waals surface area contributed by atoms with E-state index in [1.807, 2.05) is 25.1 Å². The number of esters is 1. The zero-order chi connectivity index (χ0) is 27.7. The lowest BCUT2D eigenvalue weighted by Crippen LogP contribution is -2.34. The normalized spacial score (nSPS) is 15.8. The van der Waals surface area contributed by atoms with Gasteiger partial charge in [0.15, 0.2) is 11.5 Å². The van der Waals surface area contributed by atoms with Crippen molar-refractivity contribution in [2.24, 2.45) is 5.10 Å². The number of hydrogen-bond donors (Lipinski definition) is 1. The predicted octanol–water partition coefficient (Wildman–Crippen LogP) is 5.52. The zero-order valence-electron chi connectivity index (χ0n) is 22.7. The van der Waals surface area contributed by atoms with E-state index in [1.54, 1.807) is 30.5 Å². The molecule has 0 bridgehead atoms. The Bertz CT molecular complexity index is 1300. The molecule has 2 aromatic carbocycles. The molecule has 10 nitrogen and oxygen atoms in total. The number of benzene rings is 2. The SMILES string of the molecule is CCOc1cc(/C=N\Nc2nc(N3CCCCC3)nc(N3CCCCC3)n2)ccc1OC(=O)c1cccc(I)c1. The number of rotatable bonds is 9. The number of nitrogens with zero attached hydrogens (tertiary/aromatic N) is 6. The first-order valence-electron chi connectivity index (χ1n) is 13.9. The Kier molecular flexibility index (Phi) is 9.63. The van der Waals surface area contributed by atoms with Crippen LogP contribution >= 0.6 is 22.6 Å². The first kappa shape index (κ1) is 28.1. The second-order valence-corrected chi connectivity index (χ2v) is 11.0. The number of carbonyl (C=O) groups excluding carboxylic acids is 1. The summed E-state index contributed by atoms with van der Waals surface area (Å²) < 4.78 is 12.4. The molecule has 40 heavy (non-hydrogen) atoms. The Balaban J connectivity index is 1.32. The van der Waals surface area contributed by atoms with Gasteiger partial charge < -0.3 is 19.3 Å². The molecule has 0 spiro atoms. The van der Waals surface area contributed by atoms with E-state index in [0.717, 1.165) is 61.0 Å². The highest BCUT2D eigenvalue weighted by molar-refractivity contribution is 14.1. The molecule has 2 fully saturated rings. The van der Waals surface area contributed by atoms with Crippen LogP contribution in [0.1, 0.15) is 61.4 Å². The monoisotopic (exact) mass is 655 g/mol.